The van der Waals surface area contributed by atoms with E-state index in [0.717, 1.165) is 22.3 Å². The lowest BCUT2D eigenvalue weighted by atomic mass is 9.81. The standard InChI is InChI=1S/C18H18N2O/c1-13-9-14(2)11-16(10-13)18(15-7-5-4-6-8-15)17(21)20(3)12-19-18/h4-12H,1-3H3. The summed E-state index contributed by atoms with van der Waals surface area (Å²) in [4.78, 5) is 19.0. The van der Waals surface area contributed by atoms with Crippen LogP contribution in [0, 0.1) is 13.8 Å². The second-order valence-electron chi connectivity index (χ2n) is 5.61. The van der Waals surface area contributed by atoms with E-state index in [9.17, 15) is 4.79 Å². The van der Waals surface area contributed by atoms with Gasteiger partial charge in [-0.15, -0.1) is 0 Å². The number of amides is 1. The Morgan fingerprint density at radius 2 is 1.57 bits per heavy atom. The van der Waals surface area contributed by atoms with Gasteiger partial charge in [0.2, 0.25) is 0 Å². The minimum absolute atomic E-state index is 0.0151. The average Bonchev–Trinajstić information content (AvgIpc) is 2.76. The largest absolute Gasteiger partial charge is 0.304 e. The number of hydrogen-bond donors (Lipinski definition) is 0. The monoisotopic (exact) mass is 278 g/mol. The zero-order valence-corrected chi connectivity index (χ0v) is 12.5. The van der Waals surface area contributed by atoms with E-state index in [-0.39, 0.29) is 5.91 Å². The smallest absolute Gasteiger partial charge is 0.264 e. The van der Waals surface area contributed by atoms with Crippen molar-refractivity contribution in [1.82, 2.24) is 4.90 Å². The van der Waals surface area contributed by atoms with Crippen molar-refractivity contribution in [3.8, 4) is 0 Å². The molecule has 0 bridgehead atoms. The zero-order valence-electron chi connectivity index (χ0n) is 12.5. The predicted octanol–water partition coefficient (Wildman–Crippen LogP) is 3.05. The van der Waals surface area contributed by atoms with Gasteiger partial charge in [0.1, 0.15) is 0 Å². The lowest BCUT2D eigenvalue weighted by Gasteiger charge is -2.27. The molecule has 1 aliphatic heterocycles. The van der Waals surface area contributed by atoms with Crippen LogP contribution < -0.4 is 0 Å². The van der Waals surface area contributed by atoms with Crippen molar-refractivity contribution in [3.63, 3.8) is 0 Å². The van der Waals surface area contributed by atoms with Gasteiger partial charge in [0.05, 0.1) is 6.34 Å². The molecule has 106 valence electrons. The molecule has 1 amide bonds. The molecule has 0 N–H and O–H groups in total. The normalized spacial score (nSPS) is 21.1. The van der Waals surface area contributed by atoms with E-state index < -0.39 is 5.54 Å². The first-order chi connectivity index (χ1) is 10.0. The van der Waals surface area contributed by atoms with Gasteiger partial charge in [0.25, 0.3) is 5.91 Å². The Labute approximate surface area is 124 Å². The molecule has 21 heavy (non-hydrogen) atoms. The van der Waals surface area contributed by atoms with Crippen LogP contribution in [0.5, 0.6) is 0 Å². The van der Waals surface area contributed by atoms with Crippen LogP contribution in [0.1, 0.15) is 22.3 Å². The number of carbonyl (C=O) groups excluding carboxylic acids is 1. The van der Waals surface area contributed by atoms with Crippen LogP contribution in [0.3, 0.4) is 0 Å². The molecule has 3 nitrogen and oxygen atoms in total. The van der Waals surface area contributed by atoms with Gasteiger partial charge >= 0.3 is 0 Å². The summed E-state index contributed by atoms with van der Waals surface area (Å²) in [5.41, 5.74) is 3.15. The second kappa shape index (κ2) is 4.85. The van der Waals surface area contributed by atoms with E-state index in [1.807, 2.05) is 44.2 Å². The molecule has 2 aromatic rings. The Morgan fingerprint density at radius 3 is 2.10 bits per heavy atom. The van der Waals surface area contributed by atoms with Gasteiger partial charge in [0.15, 0.2) is 5.54 Å². The Bertz CT molecular complexity index is 701. The first-order valence-corrected chi connectivity index (χ1v) is 7.01. The summed E-state index contributed by atoms with van der Waals surface area (Å²) < 4.78 is 0. The molecule has 0 saturated heterocycles. The number of nitrogens with zero attached hydrogens (tertiary/aromatic N) is 2. The predicted molar refractivity (Wildman–Crippen MR) is 84.4 cm³/mol. The van der Waals surface area contributed by atoms with Crippen molar-refractivity contribution >= 4 is 12.2 Å². The van der Waals surface area contributed by atoms with Crippen molar-refractivity contribution < 1.29 is 4.79 Å². The third-order valence-corrected chi connectivity index (χ3v) is 3.89. The van der Waals surface area contributed by atoms with Crippen molar-refractivity contribution in [3.05, 3.63) is 70.8 Å². The van der Waals surface area contributed by atoms with Gasteiger partial charge in [-0.25, -0.2) is 4.99 Å². The molecule has 0 spiro atoms. The molecule has 1 aliphatic rings. The Balaban J connectivity index is 2.28. The summed E-state index contributed by atoms with van der Waals surface area (Å²) in [6.07, 6.45) is 1.62. The minimum atomic E-state index is -0.952. The zero-order chi connectivity index (χ0) is 15.0. The highest BCUT2D eigenvalue weighted by molar-refractivity contribution is 6.03. The number of likely N-dealkylation sites (N-methyl/N-ethyl adjacent to an activating group) is 1. The fourth-order valence-corrected chi connectivity index (χ4v) is 2.96. The molecular formula is C18H18N2O. The maximum Gasteiger partial charge on any atom is 0.264 e. The first kappa shape index (κ1) is 13.6. The van der Waals surface area contributed by atoms with Crippen LogP contribution in [0.4, 0.5) is 0 Å². The summed E-state index contributed by atoms with van der Waals surface area (Å²) in [5.74, 6) is -0.0151. The summed E-state index contributed by atoms with van der Waals surface area (Å²) in [7, 11) is 1.75. The first-order valence-electron chi connectivity index (χ1n) is 7.01. The third-order valence-electron chi connectivity index (χ3n) is 3.89. The summed E-state index contributed by atoms with van der Waals surface area (Å²) in [5, 5.41) is 0. The lowest BCUT2D eigenvalue weighted by Crippen LogP contribution is -2.38. The van der Waals surface area contributed by atoms with Gasteiger partial charge in [-0.1, -0.05) is 59.7 Å². The van der Waals surface area contributed by atoms with Gasteiger partial charge in [-0.3, -0.25) is 4.79 Å². The maximum atomic E-state index is 12.9. The minimum Gasteiger partial charge on any atom is -0.304 e. The highest BCUT2D eigenvalue weighted by atomic mass is 16.2. The summed E-state index contributed by atoms with van der Waals surface area (Å²) in [6, 6.07) is 16.0. The number of aliphatic imine (C=N–C) groups is 1. The molecule has 1 heterocycles. The Hall–Kier alpha value is -2.42. The van der Waals surface area contributed by atoms with Crippen molar-refractivity contribution in [2.45, 2.75) is 19.4 Å². The van der Waals surface area contributed by atoms with E-state index in [4.69, 9.17) is 0 Å². The lowest BCUT2D eigenvalue weighted by molar-refractivity contribution is -0.129. The van der Waals surface area contributed by atoms with Crippen LogP contribution >= 0.6 is 0 Å². The Kier molecular flexibility index (Phi) is 3.13. The fraction of sp³-hybridized carbons (Fsp3) is 0.222. The number of benzene rings is 2. The quantitative estimate of drug-likeness (QED) is 0.831. The topological polar surface area (TPSA) is 32.7 Å². The van der Waals surface area contributed by atoms with Gasteiger partial charge in [0, 0.05) is 7.05 Å². The van der Waals surface area contributed by atoms with Crippen LogP contribution in [0.15, 0.2) is 53.5 Å². The van der Waals surface area contributed by atoms with Gasteiger partial charge in [-0.05, 0) is 25.0 Å². The molecular weight excluding hydrogens is 260 g/mol. The summed E-state index contributed by atoms with van der Waals surface area (Å²) in [6.45, 7) is 4.09. The molecule has 3 heteroatoms. The number of hydrogen-bond acceptors (Lipinski definition) is 2. The van der Waals surface area contributed by atoms with E-state index in [1.165, 1.54) is 0 Å². The van der Waals surface area contributed by atoms with Crippen LogP contribution in [0.2, 0.25) is 0 Å². The van der Waals surface area contributed by atoms with Gasteiger partial charge < -0.3 is 4.90 Å². The van der Waals surface area contributed by atoms with Crippen molar-refractivity contribution in [2.24, 2.45) is 4.99 Å². The molecule has 2 aromatic carbocycles. The van der Waals surface area contributed by atoms with E-state index in [0.29, 0.717) is 0 Å². The fourth-order valence-electron chi connectivity index (χ4n) is 2.96. The highest BCUT2D eigenvalue weighted by Crippen LogP contribution is 2.38. The van der Waals surface area contributed by atoms with Crippen molar-refractivity contribution in [2.75, 3.05) is 7.05 Å². The van der Waals surface area contributed by atoms with E-state index in [1.54, 1.807) is 18.3 Å². The third kappa shape index (κ3) is 2.05. The molecule has 0 aliphatic carbocycles. The molecule has 1 unspecified atom stereocenters. The summed E-state index contributed by atoms with van der Waals surface area (Å²) >= 11 is 0. The second-order valence-corrected chi connectivity index (χ2v) is 5.61. The number of rotatable bonds is 2. The highest BCUT2D eigenvalue weighted by Gasteiger charge is 2.46. The molecule has 3 rings (SSSR count). The maximum absolute atomic E-state index is 12.9. The SMILES string of the molecule is Cc1cc(C)cc(C2(c3ccccc3)N=CN(C)C2=O)c1. The molecule has 0 saturated carbocycles. The Morgan fingerprint density at radius 1 is 0.952 bits per heavy atom. The van der Waals surface area contributed by atoms with Crippen LogP contribution in [-0.2, 0) is 10.3 Å². The van der Waals surface area contributed by atoms with Crippen LogP contribution in [-0.4, -0.2) is 24.2 Å². The molecule has 1 atom stereocenters. The molecule has 0 radical (unpaired) electrons. The van der Waals surface area contributed by atoms with E-state index >= 15 is 0 Å². The molecule has 0 fully saturated rings. The number of aryl methyl sites for hydroxylation is 2. The van der Waals surface area contributed by atoms with Crippen LogP contribution in [0.25, 0.3) is 0 Å². The molecule has 0 aromatic heterocycles. The number of carbonyl (C=O) groups is 1. The van der Waals surface area contributed by atoms with Gasteiger partial charge in [-0.2, -0.15) is 0 Å². The average molecular weight is 278 g/mol. The van der Waals surface area contributed by atoms with Crippen molar-refractivity contribution in [1.29, 1.82) is 0 Å². The van der Waals surface area contributed by atoms with E-state index in [2.05, 4.69) is 23.2 Å².